The van der Waals surface area contributed by atoms with Crippen molar-refractivity contribution in [3.63, 3.8) is 0 Å². The third-order valence-corrected chi connectivity index (χ3v) is 3.27. The molecule has 1 aliphatic rings. The lowest BCUT2D eigenvalue weighted by atomic mass is 10.1. The van der Waals surface area contributed by atoms with Crippen molar-refractivity contribution < 1.29 is 5.11 Å². The molecule has 88 valence electrons. The highest BCUT2D eigenvalue weighted by Crippen LogP contribution is 2.16. The summed E-state index contributed by atoms with van der Waals surface area (Å²) >= 11 is 0. The number of hydrogen-bond donors (Lipinski definition) is 2. The van der Waals surface area contributed by atoms with Gasteiger partial charge < -0.3 is 10.4 Å². The van der Waals surface area contributed by atoms with E-state index in [1.165, 1.54) is 0 Å². The van der Waals surface area contributed by atoms with Gasteiger partial charge in [-0.1, -0.05) is 37.3 Å². The summed E-state index contributed by atoms with van der Waals surface area (Å²) in [5, 5.41) is 13.4. The van der Waals surface area contributed by atoms with Crippen LogP contribution in [-0.4, -0.2) is 42.2 Å². The number of aliphatic hydroxyl groups is 1. The van der Waals surface area contributed by atoms with Gasteiger partial charge in [-0.15, -0.1) is 0 Å². The summed E-state index contributed by atoms with van der Waals surface area (Å²) in [4.78, 5) is 2.34. The van der Waals surface area contributed by atoms with Gasteiger partial charge in [0.1, 0.15) is 0 Å². The van der Waals surface area contributed by atoms with Crippen LogP contribution in [0.4, 0.5) is 0 Å². The van der Waals surface area contributed by atoms with Crippen LogP contribution in [0.25, 0.3) is 0 Å². The topological polar surface area (TPSA) is 35.5 Å². The Labute approximate surface area is 97.1 Å². The monoisotopic (exact) mass is 220 g/mol. The number of benzene rings is 1. The number of nitrogens with zero attached hydrogens (tertiary/aromatic N) is 1. The molecule has 3 heteroatoms. The second-order valence-corrected chi connectivity index (χ2v) is 4.33. The van der Waals surface area contributed by atoms with Crippen molar-refractivity contribution in [3.05, 3.63) is 35.9 Å². The van der Waals surface area contributed by atoms with Crippen LogP contribution >= 0.6 is 0 Å². The first-order valence-electron chi connectivity index (χ1n) is 5.99. The fourth-order valence-corrected chi connectivity index (χ4v) is 2.07. The second-order valence-electron chi connectivity index (χ2n) is 4.33. The van der Waals surface area contributed by atoms with Crippen LogP contribution in [0.2, 0.25) is 0 Å². The van der Waals surface area contributed by atoms with Crippen molar-refractivity contribution in [2.24, 2.45) is 0 Å². The maximum absolute atomic E-state index is 10.1. The Kier molecular flexibility index (Phi) is 3.93. The van der Waals surface area contributed by atoms with Crippen LogP contribution in [-0.2, 0) is 0 Å². The van der Waals surface area contributed by atoms with Crippen LogP contribution in [0, 0.1) is 0 Å². The highest BCUT2D eigenvalue weighted by Gasteiger charge is 2.25. The largest absolute Gasteiger partial charge is 0.387 e. The van der Waals surface area contributed by atoms with Crippen molar-refractivity contribution >= 4 is 0 Å². The highest BCUT2D eigenvalue weighted by molar-refractivity contribution is 5.17. The maximum Gasteiger partial charge on any atom is 0.0917 e. The zero-order valence-corrected chi connectivity index (χ0v) is 9.76. The van der Waals surface area contributed by atoms with Gasteiger partial charge in [-0.05, 0) is 12.1 Å². The zero-order chi connectivity index (χ0) is 11.4. The second kappa shape index (κ2) is 5.43. The van der Waals surface area contributed by atoms with Crippen molar-refractivity contribution in [2.75, 3.05) is 26.2 Å². The first kappa shape index (κ1) is 11.6. The van der Waals surface area contributed by atoms with Gasteiger partial charge in [0.25, 0.3) is 0 Å². The van der Waals surface area contributed by atoms with Gasteiger partial charge in [-0.3, -0.25) is 4.90 Å². The van der Waals surface area contributed by atoms with Gasteiger partial charge in [0.15, 0.2) is 0 Å². The van der Waals surface area contributed by atoms with E-state index in [2.05, 4.69) is 17.1 Å². The lowest BCUT2D eigenvalue weighted by molar-refractivity contribution is 0.0716. The molecule has 1 fully saturated rings. The lowest BCUT2D eigenvalue weighted by Crippen LogP contribution is -2.57. The molecule has 1 heterocycles. The predicted molar refractivity (Wildman–Crippen MR) is 65.3 cm³/mol. The van der Waals surface area contributed by atoms with Crippen LogP contribution < -0.4 is 5.32 Å². The van der Waals surface area contributed by atoms with Crippen molar-refractivity contribution in [1.29, 1.82) is 0 Å². The molecular formula is C13H20N2O. The van der Waals surface area contributed by atoms with E-state index in [9.17, 15) is 5.11 Å². The van der Waals surface area contributed by atoms with Gasteiger partial charge in [-0.2, -0.15) is 0 Å². The number of hydrogen-bond acceptors (Lipinski definition) is 3. The minimum atomic E-state index is -0.373. The Morgan fingerprint density at radius 2 is 2.06 bits per heavy atom. The number of rotatable bonds is 5. The average molecular weight is 220 g/mol. The Morgan fingerprint density at radius 1 is 1.38 bits per heavy atom. The van der Waals surface area contributed by atoms with E-state index in [0.717, 1.165) is 31.7 Å². The van der Waals surface area contributed by atoms with Gasteiger partial charge in [0.05, 0.1) is 6.10 Å². The quantitative estimate of drug-likeness (QED) is 0.777. The number of likely N-dealkylation sites (N-methyl/N-ethyl adjacent to an activating group) is 1. The Bertz CT molecular complexity index is 311. The molecule has 0 spiro atoms. The first-order chi connectivity index (χ1) is 7.81. The van der Waals surface area contributed by atoms with Gasteiger partial charge in [0.2, 0.25) is 0 Å². The molecule has 0 aliphatic carbocycles. The van der Waals surface area contributed by atoms with Gasteiger partial charge in [0, 0.05) is 25.7 Å². The van der Waals surface area contributed by atoms with Crippen molar-refractivity contribution in [2.45, 2.75) is 19.1 Å². The third-order valence-electron chi connectivity index (χ3n) is 3.27. The molecule has 0 bridgehead atoms. The molecule has 2 N–H and O–H groups in total. The summed E-state index contributed by atoms with van der Waals surface area (Å²) in [7, 11) is 0. The highest BCUT2D eigenvalue weighted by atomic mass is 16.3. The SMILES string of the molecule is CCN(CC(O)c1ccccc1)C1CNC1. The minimum absolute atomic E-state index is 0.373. The Morgan fingerprint density at radius 3 is 2.56 bits per heavy atom. The van der Waals surface area contributed by atoms with Crippen LogP contribution in [0.3, 0.4) is 0 Å². The van der Waals surface area contributed by atoms with E-state index >= 15 is 0 Å². The fraction of sp³-hybridized carbons (Fsp3) is 0.538. The van der Waals surface area contributed by atoms with Crippen LogP contribution in [0.5, 0.6) is 0 Å². The predicted octanol–water partition coefficient (Wildman–Crippen LogP) is 1.01. The van der Waals surface area contributed by atoms with Gasteiger partial charge in [-0.25, -0.2) is 0 Å². The molecule has 0 saturated carbocycles. The lowest BCUT2D eigenvalue weighted by Gasteiger charge is -2.38. The average Bonchev–Trinajstić information content (AvgIpc) is 2.26. The standard InChI is InChI=1S/C13H20N2O/c1-2-15(12-8-14-9-12)10-13(16)11-6-4-3-5-7-11/h3-7,12-14,16H,2,8-10H2,1H3. The summed E-state index contributed by atoms with van der Waals surface area (Å²) in [6.45, 7) is 5.98. The molecule has 1 aromatic carbocycles. The Balaban J connectivity index is 1.92. The molecule has 1 saturated heterocycles. The van der Waals surface area contributed by atoms with E-state index in [-0.39, 0.29) is 6.10 Å². The van der Waals surface area contributed by atoms with Gasteiger partial charge >= 0.3 is 0 Å². The first-order valence-corrected chi connectivity index (χ1v) is 5.99. The summed E-state index contributed by atoms with van der Waals surface area (Å²) in [6, 6.07) is 10.5. The van der Waals surface area contributed by atoms with E-state index in [0.29, 0.717) is 6.04 Å². The number of aliphatic hydroxyl groups excluding tert-OH is 1. The minimum Gasteiger partial charge on any atom is -0.387 e. The van der Waals surface area contributed by atoms with E-state index in [1.54, 1.807) is 0 Å². The Hall–Kier alpha value is -0.900. The summed E-state index contributed by atoms with van der Waals surface area (Å²) in [5.74, 6) is 0. The molecule has 1 aliphatic heterocycles. The molecule has 0 aromatic heterocycles. The van der Waals surface area contributed by atoms with E-state index in [1.807, 2.05) is 30.3 Å². The maximum atomic E-state index is 10.1. The van der Waals surface area contributed by atoms with E-state index < -0.39 is 0 Å². The van der Waals surface area contributed by atoms with Crippen molar-refractivity contribution in [3.8, 4) is 0 Å². The molecule has 1 unspecified atom stereocenters. The summed E-state index contributed by atoms with van der Waals surface area (Å²) in [5.41, 5.74) is 1.01. The molecule has 1 aromatic rings. The number of nitrogens with one attached hydrogen (secondary N) is 1. The van der Waals surface area contributed by atoms with Crippen LogP contribution in [0.1, 0.15) is 18.6 Å². The smallest absolute Gasteiger partial charge is 0.0917 e. The molecule has 16 heavy (non-hydrogen) atoms. The third kappa shape index (κ3) is 2.61. The normalized spacial score (nSPS) is 18.4. The summed E-state index contributed by atoms with van der Waals surface area (Å²) in [6.07, 6.45) is -0.373. The molecule has 0 radical (unpaired) electrons. The molecule has 0 amide bonds. The van der Waals surface area contributed by atoms with Crippen molar-refractivity contribution in [1.82, 2.24) is 10.2 Å². The molecule has 1 atom stereocenters. The fourth-order valence-electron chi connectivity index (χ4n) is 2.07. The molecule has 2 rings (SSSR count). The zero-order valence-electron chi connectivity index (χ0n) is 9.76. The van der Waals surface area contributed by atoms with E-state index in [4.69, 9.17) is 0 Å². The molecule has 3 nitrogen and oxygen atoms in total. The van der Waals surface area contributed by atoms with Crippen LogP contribution in [0.15, 0.2) is 30.3 Å². The summed E-state index contributed by atoms with van der Waals surface area (Å²) < 4.78 is 0. The molecular weight excluding hydrogens is 200 g/mol.